The smallest absolute Gasteiger partial charge is 0.380 e. The molecule has 4 amide bonds. The van der Waals surface area contributed by atoms with Crippen molar-refractivity contribution in [3.63, 3.8) is 0 Å². The predicted octanol–water partition coefficient (Wildman–Crippen LogP) is 3.24. The number of hydrogen-bond donors (Lipinski definition) is 0. The number of ether oxygens (including phenoxy) is 1. The molecule has 9 nitrogen and oxygen atoms in total. The van der Waals surface area contributed by atoms with Crippen LogP contribution in [0.25, 0.3) is 0 Å². The Morgan fingerprint density at radius 3 is 1.37 bits per heavy atom. The van der Waals surface area contributed by atoms with Gasteiger partial charge in [0, 0.05) is 59.5 Å². The van der Waals surface area contributed by atoms with Gasteiger partial charge in [-0.15, -0.1) is 0 Å². The molecule has 43 heavy (non-hydrogen) atoms. The first-order valence-corrected chi connectivity index (χ1v) is 12.7. The van der Waals surface area contributed by atoms with Gasteiger partial charge in [-0.1, -0.05) is 30.3 Å². The summed E-state index contributed by atoms with van der Waals surface area (Å²) in [5.74, 6) is -7.13. The van der Waals surface area contributed by atoms with Gasteiger partial charge in [0.25, 0.3) is 0 Å². The lowest BCUT2D eigenvalue weighted by molar-refractivity contribution is -0.189. The zero-order valence-electron chi connectivity index (χ0n) is 23.0. The Morgan fingerprint density at radius 2 is 1.02 bits per heavy atom. The number of carbonyl (C=O) groups excluding carboxylic acids is 4. The predicted molar refractivity (Wildman–Crippen MR) is 132 cm³/mol. The molecular weight excluding hydrogens is 607 g/mol. The highest BCUT2D eigenvalue weighted by molar-refractivity contribution is 5.83. The molecule has 18 heteroatoms. The van der Waals surface area contributed by atoms with Gasteiger partial charge in [-0.05, 0) is 18.4 Å². The number of methoxy groups -OCH3 is 1. The van der Waals surface area contributed by atoms with E-state index in [1.165, 1.54) is 5.56 Å². The van der Waals surface area contributed by atoms with Crippen molar-refractivity contribution >= 4 is 24.1 Å². The van der Waals surface area contributed by atoms with E-state index in [1.54, 1.807) is 7.11 Å². The fourth-order valence-corrected chi connectivity index (χ4v) is 3.85. The summed E-state index contributed by atoms with van der Waals surface area (Å²) >= 11 is 0. The zero-order valence-corrected chi connectivity index (χ0v) is 23.0. The van der Waals surface area contributed by atoms with Crippen LogP contribution in [0.3, 0.4) is 0 Å². The van der Waals surface area contributed by atoms with Crippen molar-refractivity contribution in [3.8, 4) is 0 Å². The second-order valence-corrected chi connectivity index (χ2v) is 9.14. The molecule has 244 valence electrons. The van der Waals surface area contributed by atoms with Gasteiger partial charge in [0.1, 0.15) is 0 Å². The number of nitrogens with zero attached hydrogens (tertiary/aromatic N) is 4. The third-order valence-electron chi connectivity index (χ3n) is 5.92. The summed E-state index contributed by atoms with van der Waals surface area (Å²) in [5, 5.41) is 0. The molecule has 0 atom stereocenters. The van der Waals surface area contributed by atoms with E-state index in [9.17, 15) is 58.7 Å². The first kappa shape index (κ1) is 37.5. The van der Waals surface area contributed by atoms with E-state index in [0.29, 0.717) is 6.61 Å². The van der Waals surface area contributed by atoms with Crippen molar-refractivity contribution in [3.05, 3.63) is 35.9 Å². The minimum Gasteiger partial charge on any atom is -0.380 e. The molecule has 1 aliphatic heterocycles. The maximum absolute atomic E-state index is 12.9. The summed E-state index contributed by atoms with van der Waals surface area (Å²) < 4.78 is 121. The summed E-state index contributed by atoms with van der Waals surface area (Å²) in [4.78, 5) is 47.5. The monoisotopic (exact) mass is 638 g/mol. The maximum Gasteiger partial charge on any atom is 0.471 e. The van der Waals surface area contributed by atoms with E-state index in [1.807, 2.05) is 30.3 Å². The number of halogens is 9. The van der Waals surface area contributed by atoms with Crippen molar-refractivity contribution in [1.29, 1.82) is 0 Å². The summed E-state index contributed by atoms with van der Waals surface area (Å²) in [7, 11) is 1.70. The fourth-order valence-electron chi connectivity index (χ4n) is 3.85. The summed E-state index contributed by atoms with van der Waals surface area (Å²) in [6, 6.07) is 10.1. The van der Waals surface area contributed by atoms with E-state index in [0.717, 1.165) is 4.90 Å². The third kappa shape index (κ3) is 13.5. The standard InChI is InChI=1S/C17H21F9N4O4.C8H10O/c18-15(19,20)12(32)28-5-2-6-30(14(34)17(24,25)26)10-9-29(13(33)16(21,22)23)4-1-3-27(11-31)7-8-28;1-9-7-8-5-3-2-4-6-8/h11H,1-10H2;2-6H,7H2,1H3. The molecule has 1 aromatic rings. The lowest BCUT2D eigenvalue weighted by Gasteiger charge is -2.32. The van der Waals surface area contributed by atoms with Crippen LogP contribution in [0.1, 0.15) is 18.4 Å². The Kier molecular flexibility index (Phi) is 14.7. The second-order valence-electron chi connectivity index (χ2n) is 9.14. The van der Waals surface area contributed by atoms with Crippen LogP contribution in [-0.2, 0) is 30.5 Å². The number of rotatable bonds is 3. The summed E-state index contributed by atoms with van der Waals surface area (Å²) in [6.07, 6.45) is -16.8. The van der Waals surface area contributed by atoms with Gasteiger partial charge in [-0.25, -0.2) is 0 Å². The molecule has 0 spiro atoms. The Morgan fingerprint density at radius 1 is 0.651 bits per heavy atom. The molecule has 0 N–H and O–H groups in total. The normalized spacial score (nSPS) is 16.5. The summed E-state index contributed by atoms with van der Waals surface area (Å²) in [6.45, 7) is -4.95. The lowest BCUT2D eigenvalue weighted by Crippen LogP contribution is -2.50. The molecule has 1 heterocycles. The Balaban J connectivity index is 0.000000869. The van der Waals surface area contributed by atoms with Crippen LogP contribution in [0.5, 0.6) is 0 Å². The molecule has 0 bridgehead atoms. The Bertz CT molecular complexity index is 1040. The van der Waals surface area contributed by atoms with Crippen LogP contribution < -0.4 is 0 Å². The SMILES string of the molecule is COCc1ccccc1.O=CN1CCCN(C(=O)C(F)(F)F)CCN(C(=O)C(F)(F)F)CCCN(C(=O)C(F)(F)F)CC1. The third-order valence-corrected chi connectivity index (χ3v) is 5.92. The number of benzene rings is 1. The van der Waals surface area contributed by atoms with E-state index in [-0.39, 0.29) is 34.1 Å². The molecule has 0 saturated carbocycles. The van der Waals surface area contributed by atoms with Crippen LogP contribution in [0.2, 0.25) is 0 Å². The lowest BCUT2D eigenvalue weighted by atomic mass is 10.2. The molecule has 1 aliphatic rings. The van der Waals surface area contributed by atoms with Crippen LogP contribution in [0.4, 0.5) is 39.5 Å². The van der Waals surface area contributed by atoms with Crippen molar-refractivity contribution in [2.45, 2.75) is 38.0 Å². The van der Waals surface area contributed by atoms with Crippen LogP contribution in [-0.4, -0.2) is 122 Å². The average Bonchev–Trinajstić information content (AvgIpc) is 2.92. The van der Waals surface area contributed by atoms with Gasteiger partial charge in [0.2, 0.25) is 6.41 Å². The van der Waals surface area contributed by atoms with E-state index < -0.39 is 88.5 Å². The van der Waals surface area contributed by atoms with Crippen molar-refractivity contribution in [1.82, 2.24) is 19.6 Å². The van der Waals surface area contributed by atoms with Gasteiger partial charge in [-0.3, -0.25) is 19.2 Å². The molecule has 0 aliphatic carbocycles. The first-order valence-electron chi connectivity index (χ1n) is 12.7. The van der Waals surface area contributed by atoms with Crippen molar-refractivity contribution in [2.24, 2.45) is 0 Å². The van der Waals surface area contributed by atoms with Gasteiger partial charge < -0.3 is 24.3 Å². The van der Waals surface area contributed by atoms with Crippen molar-refractivity contribution < 1.29 is 63.4 Å². The number of hydrogen-bond acceptors (Lipinski definition) is 5. The Labute approximate surface area is 241 Å². The van der Waals surface area contributed by atoms with E-state index >= 15 is 0 Å². The van der Waals surface area contributed by atoms with Crippen LogP contribution in [0, 0.1) is 0 Å². The molecule has 2 rings (SSSR count). The highest BCUT2D eigenvalue weighted by atomic mass is 19.4. The van der Waals surface area contributed by atoms with Crippen LogP contribution in [0.15, 0.2) is 30.3 Å². The van der Waals surface area contributed by atoms with Gasteiger partial charge in [-0.2, -0.15) is 39.5 Å². The fraction of sp³-hybridized carbons (Fsp3) is 0.600. The van der Waals surface area contributed by atoms with E-state index in [4.69, 9.17) is 4.74 Å². The zero-order chi connectivity index (χ0) is 32.8. The minimum absolute atomic E-state index is 0.0659. The average molecular weight is 639 g/mol. The van der Waals surface area contributed by atoms with E-state index in [2.05, 4.69) is 0 Å². The number of alkyl halides is 9. The molecule has 1 fully saturated rings. The molecule has 0 radical (unpaired) electrons. The molecule has 0 unspecified atom stereocenters. The Hall–Kier alpha value is -3.57. The highest BCUT2D eigenvalue weighted by Gasteiger charge is 2.45. The second kappa shape index (κ2) is 16.9. The molecule has 1 saturated heterocycles. The maximum atomic E-state index is 12.9. The van der Waals surface area contributed by atoms with Gasteiger partial charge >= 0.3 is 36.3 Å². The molecule has 0 aromatic heterocycles. The summed E-state index contributed by atoms with van der Waals surface area (Å²) in [5.41, 5.74) is 1.22. The molecule has 1 aromatic carbocycles. The van der Waals surface area contributed by atoms with Gasteiger partial charge in [0.15, 0.2) is 0 Å². The van der Waals surface area contributed by atoms with Crippen LogP contribution >= 0.6 is 0 Å². The minimum atomic E-state index is -5.43. The van der Waals surface area contributed by atoms with Gasteiger partial charge in [0.05, 0.1) is 6.61 Å². The number of amides is 4. The first-order chi connectivity index (χ1) is 19.9. The van der Waals surface area contributed by atoms with Crippen molar-refractivity contribution in [2.75, 3.05) is 59.5 Å². The molecular formula is C25H31F9N4O5. The topological polar surface area (TPSA) is 90.5 Å². The highest BCUT2D eigenvalue weighted by Crippen LogP contribution is 2.22. The number of carbonyl (C=O) groups is 4. The quantitative estimate of drug-likeness (QED) is 0.375. The largest absolute Gasteiger partial charge is 0.471 e.